The minimum absolute atomic E-state index is 0.0603. The molecule has 110 valence electrons. The molecule has 0 spiro atoms. The van der Waals surface area contributed by atoms with Gasteiger partial charge in [-0.2, -0.15) is 0 Å². The molecule has 1 unspecified atom stereocenters. The molecule has 0 aliphatic rings. The van der Waals surface area contributed by atoms with Crippen molar-refractivity contribution in [3.05, 3.63) is 0 Å². The quantitative estimate of drug-likeness (QED) is 0.689. The molecule has 0 bridgehead atoms. The van der Waals surface area contributed by atoms with Crippen LogP contribution in [0, 0.1) is 5.92 Å². The Hall–Kier alpha value is -0.130. The molecule has 0 aliphatic carbocycles. The standard InChI is InChI=1S/C13H29NO3S/c1-11(2)12(10-14-13(3,4)5)18(15,16)9-7-8-17-6/h11-12,14H,7-10H2,1-6H3. The second-order valence-electron chi connectivity index (χ2n) is 6.13. The summed E-state index contributed by atoms with van der Waals surface area (Å²) < 4.78 is 29.4. The summed E-state index contributed by atoms with van der Waals surface area (Å²) in [5.74, 6) is 0.322. The Balaban J connectivity index is 4.58. The van der Waals surface area contributed by atoms with Crippen molar-refractivity contribution in [2.24, 2.45) is 5.92 Å². The van der Waals surface area contributed by atoms with Crippen molar-refractivity contribution in [2.45, 2.75) is 51.8 Å². The van der Waals surface area contributed by atoms with Gasteiger partial charge in [0, 0.05) is 25.8 Å². The van der Waals surface area contributed by atoms with Crippen LogP contribution < -0.4 is 5.32 Å². The molecule has 1 atom stereocenters. The Labute approximate surface area is 112 Å². The van der Waals surface area contributed by atoms with Gasteiger partial charge in [-0.1, -0.05) is 13.8 Å². The van der Waals surface area contributed by atoms with Crippen LogP contribution in [-0.2, 0) is 14.6 Å². The highest BCUT2D eigenvalue weighted by Gasteiger charge is 2.29. The zero-order valence-corrected chi connectivity index (χ0v) is 13.4. The van der Waals surface area contributed by atoms with Gasteiger partial charge in [0.2, 0.25) is 0 Å². The summed E-state index contributed by atoms with van der Waals surface area (Å²) in [5.41, 5.74) is -0.0603. The SMILES string of the molecule is COCCCS(=O)(=O)C(CNC(C)(C)C)C(C)C. The van der Waals surface area contributed by atoms with Gasteiger partial charge in [-0.3, -0.25) is 0 Å². The van der Waals surface area contributed by atoms with E-state index in [1.165, 1.54) is 0 Å². The average molecular weight is 279 g/mol. The van der Waals surface area contributed by atoms with Crippen molar-refractivity contribution in [3.63, 3.8) is 0 Å². The molecule has 0 radical (unpaired) electrons. The van der Waals surface area contributed by atoms with Gasteiger partial charge in [0.05, 0.1) is 11.0 Å². The number of rotatable bonds is 8. The summed E-state index contributed by atoms with van der Waals surface area (Å²) in [4.78, 5) is 0. The van der Waals surface area contributed by atoms with Crippen molar-refractivity contribution < 1.29 is 13.2 Å². The normalized spacial score (nSPS) is 15.1. The van der Waals surface area contributed by atoms with Crippen molar-refractivity contribution in [1.82, 2.24) is 5.32 Å². The molecule has 0 fully saturated rings. The van der Waals surface area contributed by atoms with E-state index in [9.17, 15) is 8.42 Å². The van der Waals surface area contributed by atoms with Crippen LogP contribution in [0.15, 0.2) is 0 Å². The molecule has 0 heterocycles. The fourth-order valence-corrected chi connectivity index (χ4v) is 3.73. The van der Waals surface area contributed by atoms with Crippen LogP contribution in [0.25, 0.3) is 0 Å². The smallest absolute Gasteiger partial charge is 0.154 e. The van der Waals surface area contributed by atoms with Crippen LogP contribution in [-0.4, -0.2) is 45.2 Å². The van der Waals surface area contributed by atoms with Gasteiger partial charge in [0.1, 0.15) is 0 Å². The third kappa shape index (κ3) is 7.34. The summed E-state index contributed by atoms with van der Waals surface area (Å²) in [5, 5.41) is 2.96. The predicted octanol–water partition coefficient (Wildman–Crippen LogP) is 1.85. The molecule has 4 nitrogen and oxygen atoms in total. The van der Waals surface area contributed by atoms with E-state index < -0.39 is 9.84 Å². The number of hydrogen-bond donors (Lipinski definition) is 1. The zero-order chi connectivity index (χ0) is 14.4. The minimum atomic E-state index is -3.06. The van der Waals surface area contributed by atoms with E-state index in [1.54, 1.807) is 7.11 Å². The van der Waals surface area contributed by atoms with Crippen molar-refractivity contribution >= 4 is 9.84 Å². The lowest BCUT2D eigenvalue weighted by atomic mass is 10.1. The Bertz CT molecular complexity index is 318. The maximum Gasteiger partial charge on any atom is 0.154 e. The van der Waals surface area contributed by atoms with E-state index in [0.717, 1.165) is 0 Å². The Kier molecular flexibility index (Phi) is 7.40. The third-order valence-electron chi connectivity index (χ3n) is 2.82. The monoisotopic (exact) mass is 279 g/mol. The Morgan fingerprint density at radius 2 is 1.78 bits per heavy atom. The molecule has 5 heteroatoms. The number of sulfone groups is 1. The predicted molar refractivity (Wildman–Crippen MR) is 76.7 cm³/mol. The largest absolute Gasteiger partial charge is 0.385 e. The third-order valence-corrected chi connectivity index (χ3v) is 5.31. The summed E-state index contributed by atoms with van der Waals surface area (Å²) in [6, 6.07) is 0. The molecule has 0 amide bonds. The van der Waals surface area contributed by atoms with Crippen LogP contribution >= 0.6 is 0 Å². The first kappa shape index (κ1) is 17.9. The first-order valence-corrected chi connectivity index (χ1v) is 8.27. The average Bonchev–Trinajstić information content (AvgIpc) is 2.14. The molecular formula is C13H29NO3S. The molecule has 0 saturated carbocycles. The number of ether oxygens (including phenoxy) is 1. The maximum atomic E-state index is 12.3. The maximum absolute atomic E-state index is 12.3. The van der Waals surface area contributed by atoms with E-state index in [4.69, 9.17) is 4.74 Å². The summed E-state index contributed by atoms with van der Waals surface area (Å²) in [7, 11) is -1.47. The van der Waals surface area contributed by atoms with Crippen LogP contribution in [0.3, 0.4) is 0 Å². The van der Waals surface area contributed by atoms with Gasteiger partial charge in [-0.15, -0.1) is 0 Å². The van der Waals surface area contributed by atoms with Gasteiger partial charge < -0.3 is 10.1 Å². The minimum Gasteiger partial charge on any atom is -0.385 e. The molecular weight excluding hydrogens is 250 g/mol. The Morgan fingerprint density at radius 1 is 1.22 bits per heavy atom. The highest BCUT2D eigenvalue weighted by molar-refractivity contribution is 7.92. The van der Waals surface area contributed by atoms with E-state index >= 15 is 0 Å². The van der Waals surface area contributed by atoms with Gasteiger partial charge in [0.25, 0.3) is 0 Å². The highest BCUT2D eigenvalue weighted by atomic mass is 32.2. The van der Waals surface area contributed by atoms with Crippen LogP contribution in [0.4, 0.5) is 0 Å². The first-order chi connectivity index (χ1) is 8.10. The van der Waals surface area contributed by atoms with Gasteiger partial charge in [0.15, 0.2) is 9.84 Å². The van der Waals surface area contributed by atoms with Crippen LogP contribution in [0.1, 0.15) is 41.0 Å². The second-order valence-corrected chi connectivity index (χ2v) is 8.47. The number of nitrogens with one attached hydrogen (secondary N) is 1. The van der Waals surface area contributed by atoms with Crippen molar-refractivity contribution in [2.75, 3.05) is 26.0 Å². The molecule has 0 rings (SSSR count). The molecule has 1 N–H and O–H groups in total. The first-order valence-electron chi connectivity index (χ1n) is 6.55. The summed E-state index contributed by atoms with van der Waals surface area (Å²) in [6.45, 7) is 11.1. The van der Waals surface area contributed by atoms with E-state index in [1.807, 2.05) is 34.6 Å². The fourth-order valence-electron chi connectivity index (χ4n) is 1.74. The Morgan fingerprint density at radius 3 is 2.17 bits per heavy atom. The van der Waals surface area contributed by atoms with Crippen LogP contribution in [0.5, 0.6) is 0 Å². The lowest BCUT2D eigenvalue weighted by molar-refractivity contribution is 0.199. The molecule has 18 heavy (non-hydrogen) atoms. The van der Waals surface area contributed by atoms with Crippen molar-refractivity contribution in [3.8, 4) is 0 Å². The van der Waals surface area contributed by atoms with E-state index in [-0.39, 0.29) is 22.5 Å². The molecule has 0 aliphatic heterocycles. The molecule has 0 saturated heterocycles. The lowest BCUT2D eigenvalue weighted by Gasteiger charge is -2.27. The zero-order valence-electron chi connectivity index (χ0n) is 12.6. The molecule has 0 aromatic heterocycles. The van der Waals surface area contributed by atoms with Crippen LogP contribution in [0.2, 0.25) is 0 Å². The number of hydrogen-bond acceptors (Lipinski definition) is 4. The summed E-state index contributed by atoms with van der Waals surface area (Å²) in [6.07, 6.45) is 0.567. The van der Waals surface area contributed by atoms with E-state index in [2.05, 4.69) is 5.32 Å². The van der Waals surface area contributed by atoms with Crippen molar-refractivity contribution in [1.29, 1.82) is 0 Å². The molecule has 0 aromatic carbocycles. The fraction of sp³-hybridized carbons (Fsp3) is 1.00. The lowest BCUT2D eigenvalue weighted by Crippen LogP contribution is -2.45. The number of methoxy groups -OCH3 is 1. The highest BCUT2D eigenvalue weighted by Crippen LogP contribution is 2.15. The van der Waals surface area contributed by atoms with Gasteiger partial charge >= 0.3 is 0 Å². The van der Waals surface area contributed by atoms with Gasteiger partial charge in [-0.25, -0.2) is 8.42 Å². The van der Waals surface area contributed by atoms with E-state index in [0.29, 0.717) is 19.6 Å². The van der Waals surface area contributed by atoms with Gasteiger partial charge in [-0.05, 0) is 33.1 Å². The molecule has 0 aromatic rings. The second kappa shape index (κ2) is 7.46. The summed E-state index contributed by atoms with van der Waals surface area (Å²) >= 11 is 0. The topological polar surface area (TPSA) is 55.4 Å².